The third-order valence-electron chi connectivity index (χ3n) is 2.81. The fourth-order valence-electron chi connectivity index (χ4n) is 1.95. The third kappa shape index (κ3) is 3.20. The van der Waals surface area contributed by atoms with Gasteiger partial charge < -0.3 is 15.3 Å². The predicted octanol–water partition coefficient (Wildman–Crippen LogP) is -0.114. The number of carbonyl (C=O) groups is 2. The largest absolute Gasteiger partial charge is 0.396 e. The fourth-order valence-corrected chi connectivity index (χ4v) is 1.95. The first-order valence-corrected chi connectivity index (χ1v) is 5.88. The monoisotopic (exact) mass is 228 g/mol. The maximum atomic E-state index is 11.8. The standard InChI is InChI=1S/C11H20N2O3/c1-2-9(11(16)12-6-4-8-14)13-7-3-5-10(13)15/h9,14H,2-8H2,1H3,(H,12,16). The van der Waals surface area contributed by atoms with Gasteiger partial charge in [-0.25, -0.2) is 0 Å². The minimum absolute atomic E-state index is 0.0692. The van der Waals surface area contributed by atoms with E-state index in [1.807, 2.05) is 6.92 Å². The summed E-state index contributed by atoms with van der Waals surface area (Å²) in [7, 11) is 0. The number of aliphatic hydroxyl groups is 1. The molecule has 0 aliphatic carbocycles. The first-order chi connectivity index (χ1) is 7.70. The molecule has 0 bridgehead atoms. The zero-order valence-corrected chi connectivity index (χ0v) is 9.74. The number of likely N-dealkylation sites (tertiary alicyclic amines) is 1. The maximum absolute atomic E-state index is 11.8. The number of nitrogens with one attached hydrogen (secondary N) is 1. The molecule has 0 aromatic rings. The molecule has 1 atom stereocenters. The highest BCUT2D eigenvalue weighted by Crippen LogP contribution is 2.15. The van der Waals surface area contributed by atoms with Crippen molar-refractivity contribution in [3.63, 3.8) is 0 Å². The van der Waals surface area contributed by atoms with Gasteiger partial charge in [-0.2, -0.15) is 0 Å². The zero-order chi connectivity index (χ0) is 12.0. The first kappa shape index (κ1) is 13.0. The van der Waals surface area contributed by atoms with E-state index in [9.17, 15) is 9.59 Å². The second-order valence-corrected chi connectivity index (χ2v) is 3.98. The number of hydrogen-bond acceptors (Lipinski definition) is 3. The molecular formula is C11H20N2O3. The fraction of sp³-hybridized carbons (Fsp3) is 0.818. The minimum atomic E-state index is -0.339. The van der Waals surface area contributed by atoms with Crippen LogP contribution in [0.2, 0.25) is 0 Å². The molecular weight excluding hydrogens is 208 g/mol. The molecule has 2 N–H and O–H groups in total. The van der Waals surface area contributed by atoms with Gasteiger partial charge in [-0.05, 0) is 19.3 Å². The van der Waals surface area contributed by atoms with Crippen molar-refractivity contribution in [1.82, 2.24) is 10.2 Å². The van der Waals surface area contributed by atoms with Crippen molar-refractivity contribution in [3.8, 4) is 0 Å². The average molecular weight is 228 g/mol. The van der Waals surface area contributed by atoms with E-state index in [4.69, 9.17) is 5.11 Å². The maximum Gasteiger partial charge on any atom is 0.242 e. The first-order valence-electron chi connectivity index (χ1n) is 5.88. The van der Waals surface area contributed by atoms with Crippen LogP contribution in [0.25, 0.3) is 0 Å². The lowest BCUT2D eigenvalue weighted by Crippen LogP contribution is -2.47. The van der Waals surface area contributed by atoms with Crippen molar-refractivity contribution in [2.75, 3.05) is 19.7 Å². The van der Waals surface area contributed by atoms with Crippen LogP contribution in [0.15, 0.2) is 0 Å². The minimum Gasteiger partial charge on any atom is -0.396 e. The Bertz CT molecular complexity index is 256. The van der Waals surface area contributed by atoms with E-state index in [-0.39, 0.29) is 24.5 Å². The molecule has 92 valence electrons. The van der Waals surface area contributed by atoms with Crippen molar-refractivity contribution >= 4 is 11.8 Å². The smallest absolute Gasteiger partial charge is 0.242 e. The number of aliphatic hydroxyl groups excluding tert-OH is 1. The van der Waals surface area contributed by atoms with Crippen LogP contribution in [0.5, 0.6) is 0 Å². The third-order valence-corrected chi connectivity index (χ3v) is 2.81. The van der Waals surface area contributed by atoms with Crippen LogP contribution in [-0.2, 0) is 9.59 Å². The van der Waals surface area contributed by atoms with Crippen molar-refractivity contribution in [3.05, 3.63) is 0 Å². The number of nitrogens with zero attached hydrogens (tertiary/aromatic N) is 1. The quantitative estimate of drug-likeness (QED) is 0.623. The summed E-state index contributed by atoms with van der Waals surface area (Å²) in [6.45, 7) is 3.13. The van der Waals surface area contributed by atoms with Crippen LogP contribution in [-0.4, -0.2) is 47.6 Å². The lowest BCUT2D eigenvalue weighted by atomic mass is 10.2. The highest BCUT2D eigenvalue weighted by atomic mass is 16.3. The second-order valence-electron chi connectivity index (χ2n) is 3.98. The van der Waals surface area contributed by atoms with Gasteiger partial charge in [0.1, 0.15) is 6.04 Å². The summed E-state index contributed by atoms with van der Waals surface area (Å²) in [5.74, 6) is -0.0321. The SMILES string of the molecule is CCC(C(=O)NCCCO)N1CCCC1=O. The zero-order valence-electron chi connectivity index (χ0n) is 9.74. The average Bonchev–Trinajstić information content (AvgIpc) is 2.67. The Hall–Kier alpha value is -1.10. The van der Waals surface area contributed by atoms with Crippen molar-refractivity contribution in [2.45, 2.75) is 38.6 Å². The molecule has 1 fully saturated rings. The Kier molecular flexibility index (Phi) is 5.25. The molecule has 0 radical (unpaired) electrons. The lowest BCUT2D eigenvalue weighted by Gasteiger charge is -2.25. The van der Waals surface area contributed by atoms with E-state index < -0.39 is 0 Å². The van der Waals surface area contributed by atoms with Gasteiger partial charge in [-0.1, -0.05) is 6.92 Å². The van der Waals surface area contributed by atoms with Crippen LogP contribution in [0.1, 0.15) is 32.6 Å². The summed E-state index contributed by atoms with van der Waals surface area (Å²) in [4.78, 5) is 25.0. The van der Waals surface area contributed by atoms with Gasteiger partial charge in [0.25, 0.3) is 0 Å². The van der Waals surface area contributed by atoms with E-state index >= 15 is 0 Å². The molecule has 16 heavy (non-hydrogen) atoms. The molecule has 1 rings (SSSR count). The van der Waals surface area contributed by atoms with Crippen LogP contribution in [0.4, 0.5) is 0 Å². The second kappa shape index (κ2) is 6.48. The van der Waals surface area contributed by atoms with Gasteiger partial charge in [0, 0.05) is 26.1 Å². The van der Waals surface area contributed by atoms with Crippen LogP contribution >= 0.6 is 0 Å². The summed E-state index contributed by atoms with van der Waals surface area (Å²) in [6, 6.07) is -0.339. The summed E-state index contributed by atoms with van der Waals surface area (Å²) < 4.78 is 0. The van der Waals surface area contributed by atoms with Crippen LogP contribution < -0.4 is 5.32 Å². The Labute approximate surface area is 95.8 Å². The van der Waals surface area contributed by atoms with E-state index in [1.165, 1.54) is 0 Å². The molecule has 1 saturated heterocycles. The van der Waals surface area contributed by atoms with Crippen molar-refractivity contribution in [1.29, 1.82) is 0 Å². The molecule has 0 aromatic heterocycles. The Morgan fingerprint density at radius 3 is 2.88 bits per heavy atom. The number of hydrogen-bond donors (Lipinski definition) is 2. The van der Waals surface area contributed by atoms with Crippen LogP contribution in [0, 0.1) is 0 Å². The van der Waals surface area contributed by atoms with E-state index in [0.29, 0.717) is 32.4 Å². The van der Waals surface area contributed by atoms with Gasteiger partial charge in [0.2, 0.25) is 11.8 Å². The molecule has 1 aliphatic heterocycles. The molecule has 1 unspecified atom stereocenters. The summed E-state index contributed by atoms with van der Waals surface area (Å²) >= 11 is 0. The Morgan fingerprint density at radius 2 is 2.38 bits per heavy atom. The number of amides is 2. The topological polar surface area (TPSA) is 69.6 Å². The molecule has 5 nitrogen and oxygen atoms in total. The van der Waals surface area contributed by atoms with Gasteiger partial charge in [-0.3, -0.25) is 9.59 Å². The van der Waals surface area contributed by atoms with E-state index in [1.54, 1.807) is 4.90 Å². The number of carbonyl (C=O) groups excluding carboxylic acids is 2. The van der Waals surface area contributed by atoms with E-state index in [2.05, 4.69) is 5.32 Å². The molecule has 0 spiro atoms. The summed E-state index contributed by atoms with van der Waals surface area (Å²) in [5, 5.41) is 11.4. The normalized spacial score (nSPS) is 17.6. The summed E-state index contributed by atoms with van der Waals surface area (Å²) in [6.07, 6.45) is 2.59. The molecule has 1 heterocycles. The molecule has 2 amide bonds. The van der Waals surface area contributed by atoms with Gasteiger partial charge in [0.05, 0.1) is 0 Å². The highest BCUT2D eigenvalue weighted by Gasteiger charge is 2.31. The highest BCUT2D eigenvalue weighted by molar-refractivity contribution is 5.88. The van der Waals surface area contributed by atoms with E-state index in [0.717, 1.165) is 6.42 Å². The van der Waals surface area contributed by atoms with Crippen LogP contribution in [0.3, 0.4) is 0 Å². The molecule has 0 saturated carbocycles. The summed E-state index contributed by atoms with van der Waals surface area (Å²) in [5.41, 5.74) is 0. The molecule has 5 heteroatoms. The Morgan fingerprint density at radius 1 is 1.62 bits per heavy atom. The van der Waals surface area contributed by atoms with Gasteiger partial charge in [-0.15, -0.1) is 0 Å². The van der Waals surface area contributed by atoms with Gasteiger partial charge in [0.15, 0.2) is 0 Å². The molecule has 0 aromatic carbocycles. The van der Waals surface area contributed by atoms with Crippen molar-refractivity contribution in [2.24, 2.45) is 0 Å². The Balaban J connectivity index is 2.46. The predicted molar refractivity (Wildman–Crippen MR) is 59.7 cm³/mol. The number of rotatable bonds is 6. The lowest BCUT2D eigenvalue weighted by molar-refractivity contribution is -0.137. The molecule has 1 aliphatic rings. The van der Waals surface area contributed by atoms with Gasteiger partial charge >= 0.3 is 0 Å². The van der Waals surface area contributed by atoms with Crippen molar-refractivity contribution < 1.29 is 14.7 Å².